The van der Waals surface area contributed by atoms with Crippen molar-refractivity contribution >= 4 is 27.5 Å². The molecule has 1 unspecified atom stereocenters. The summed E-state index contributed by atoms with van der Waals surface area (Å²) >= 11 is 9.78. The molecule has 0 bridgehead atoms. The first-order valence-electron chi connectivity index (χ1n) is 9.35. The van der Waals surface area contributed by atoms with Gasteiger partial charge >= 0.3 is 0 Å². The Morgan fingerprint density at radius 1 is 1.00 bits per heavy atom. The van der Waals surface area contributed by atoms with Crippen LogP contribution in [0.15, 0.2) is 46.9 Å². The van der Waals surface area contributed by atoms with Gasteiger partial charge in [-0.15, -0.1) is 0 Å². The molecule has 2 aliphatic rings. The number of fused-ring (bicyclic) bond motifs is 1. The van der Waals surface area contributed by atoms with Gasteiger partial charge in [-0.3, -0.25) is 4.90 Å². The van der Waals surface area contributed by atoms with Gasteiger partial charge in [0.1, 0.15) is 12.4 Å². The molecule has 26 heavy (non-hydrogen) atoms. The van der Waals surface area contributed by atoms with Crippen molar-refractivity contribution in [2.75, 3.05) is 39.3 Å². The van der Waals surface area contributed by atoms with Crippen LogP contribution in [0.3, 0.4) is 0 Å². The number of hydrogen-bond donors (Lipinski definition) is 0. The summed E-state index contributed by atoms with van der Waals surface area (Å²) in [6.07, 6.45) is 2.67. The van der Waals surface area contributed by atoms with Crippen LogP contribution in [-0.4, -0.2) is 49.1 Å². The Morgan fingerprint density at radius 3 is 2.54 bits per heavy atom. The summed E-state index contributed by atoms with van der Waals surface area (Å²) in [5, 5.41) is 0.775. The fourth-order valence-electron chi connectivity index (χ4n) is 4.02. The van der Waals surface area contributed by atoms with Gasteiger partial charge in [-0.05, 0) is 61.8 Å². The lowest BCUT2D eigenvalue weighted by atomic mass is 9.96. The van der Waals surface area contributed by atoms with Crippen molar-refractivity contribution in [1.29, 1.82) is 0 Å². The van der Waals surface area contributed by atoms with Crippen molar-refractivity contribution in [1.82, 2.24) is 9.80 Å². The van der Waals surface area contributed by atoms with E-state index in [4.69, 9.17) is 16.3 Å². The van der Waals surface area contributed by atoms with E-state index >= 15 is 0 Å². The highest BCUT2D eigenvalue weighted by atomic mass is 79.9. The van der Waals surface area contributed by atoms with Gasteiger partial charge in [0, 0.05) is 34.7 Å². The monoisotopic (exact) mass is 434 g/mol. The van der Waals surface area contributed by atoms with Crippen LogP contribution in [0.4, 0.5) is 0 Å². The molecule has 0 amide bonds. The Hall–Kier alpha value is -1.07. The molecule has 1 saturated heterocycles. The Kier molecular flexibility index (Phi) is 5.84. The maximum absolute atomic E-state index is 6.14. The first-order chi connectivity index (χ1) is 12.7. The fourth-order valence-corrected chi connectivity index (χ4v) is 4.52. The lowest BCUT2D eigenvalue weighted by molar-refractivity contribution is 0.177. The number of likely N-dealkylation sites (tertiary alicyclic amines) is 1. The molecule has 1 fully saturated rings. The van der Waals surface area contributed by atoms with E-state index in [9.17, 15) is 0 Å². The van der Waals surface area contributed by atoms with Crippen LogP contribution in [0.25, 0.3) is 0 Å². The van der Waals surface area contributed by atoms with Gasteiger partial charge in [0.2, 0.25) is 0 Å². The third kappa shape index (κ3) is 4.09. The molecular weight excluding hydrogens is 412 g/mol. The highest BCUT2D eigenvalue weighted by Gasteiger charge is 2.28. The Balaban J connectivity index is 1.67. The highest BCUT2D eigenvalue weighted by Crippen LogP contribution is 2.38. The number of rotatable bonds is 4. The van der Waals surface area contributed by atoms with E-state index in [1.54, 1.807) is 0 Å². The minimum atomic E-state index is 0.185. The maximum Gasteiger partial charge on any atom is 0.124 e. The second kappa shape index (κ2) is 8.30. The van der Waals surface area contributed by atoms with Crippen LogP contribution in [0.2, 0.25) is 5.02 Å². The summed E-state index contributed by atoms with van der Waals surface area (Å²) in [5.41, 5.74) is 2.49. The van der Waals surface area contributed by atoms with E-state index in [0.29, 0.717) is 0 Å². The minimum Gasteiger partial charge on any atom is -0.492 e. The summed E-state index contributed by atoms with van der Waals surface area (Å²) in [6, 6.07) is 14.8. The second-order valence-corrected chi connectivity index (χ2v) is 8.42. The second-order valence-electron chi connectivity index (χ2n) is 7.07. The lowest BCUT2D eigenvalue weighted by Crippen LogP contribution is -2.37. The molecule has 1 atom stereocenters. The van der Waals surface area contributed by atoms with Gasteiger partial charge in [-0.2, -0.15) is 0 Å². The first-order valence-corrected chi connectivity index (χ1v) is 10.5. The molecule has 0 aliphatic carbocycles. The van der Waals surface area contributed by atoms with E-state index < -0.39 is 0 Å². The molecular formula is C21H24BrClN2O. The van der Waals surface area contributed by atoms with Gasteiger partial charge in [-0.25, -0.2) is 0 Å². The van der Waals surface area contributed by atoms with Crippen molar-refractivity contribution in [2.45, 2.75) is 18.9 Å². The molecule has 138 valence electrons. The Labute approximate surface area is 169 Å². The molecule has 4 rings (SSSR count). The average molecular weight is 436 g/mol. The first kappa shape index (κ1) is 18.3. The van der Waals surface area contributed by atoms with Gasteiger partial charge in [-0.1, -0.05) is 39.7 Å². The van der Waals surface area contributed by atoms with Crippen molar-refractivity contribution in [2.24, 2.45) is 0 Å². The molecule has 0 aromatic heterocycles. The van der Waals surface area contributed by atoms with Crippen LogP contribution in [0, 0.1) is 0 Å². The molecule has 3 nitrogen and oxygen atoms in total. The predicted octanol–water partition coefficient (Wildman–Crippen LogP) is 4.98. The Morgan fingerprint density at radius 2 is 1.77 bits per heavy atom. The quantitative estimate of drug-likeness (QED) is 0.673. The van der Waals surface area contributed by atoms with E-state index in [-0.39, 0.29) is 6.04 Å². The van der Waals surface area contributed by atoms with Gasteiger partial charge < -0.3 is 9.64 Å². The molecule has 2 heterocycles. The van der Waals surface area contributed by atoms with E-state index in [1.807, 2.05) is 12.1 Å². The SMILES string of the molecule is Clc1ccc(C2c3cc(Br)ccc3OCCN2CCN2CCCC2)cc1. The number of hydrogen-bond acceptors (Lipinski definition) is 3. The van der Waals surface area contributed by atoms with Crippen molar-refractivity contribution in [3.63, 3.8) is 0 Å². The summed E-state index contributed by atoms with van der Waals surface area (Å²) in [4.78, 5) is 5.13. The van der Waals surface area contributed by atoms with E-state index in [1.165, 1.54) is 37.1 Å². The Bertz CT molecular complexity index is 746. The van der Waals surface area contributed by atoms with Crippen molar-refractivity contribution in [3.05, 3.63) is 63.1 Å². The van der Waals surface area contributed by atoms with E-state index in [0.717, 1.165) is 41.5 Å². The number of benzene rings is 2. The standard InChI is InChI=1S/C21H24BrClN2O/c22-17-5-8-20-19(15-17)21(16-3-6-18(23)7-4-16)25(13-14-26-20)12-11-24-9-1-2-10-24/h3-8,15,21H,1-2,9-14H2. The van der Waals surface area contributed by atoms with Crippen LogP contribution < -0.4 is 4.74 Å². The molecule has 2 aliphatic heterocycles. The largest absolute Gasteiger partial charge is 0.492 e. The van der Waals surface area contributed by atoms with Gasteiger partial charge in [0.25, 0.3) is 0 Å². The minimum absolute atomic E-state index is 0.185. The third-order valence-electron chi connectivity index (χ3n) is 5.36. The normalized spacial score (nSPS) is 21.2. The number of nitrogens with zero attached hydrogens (tertiary/aromatic N) is 2. The highest BCUT2D eigenvalue weighted by molar-refractivity contribution is 9.10. The smallest absolute Gasteiger partial charge is 0.124 e. The topological polar surface area (TPSA) is 15.7 Å². The molecule has 0 N–H and O–H groups in total. The van der Waals surface area contributed by atoms with Crippen LogP contribution in [0.5, 0.6) is 5.75 Å². The molecule has 0 radical (unpaired) electrons. The van der Waals surface area contributed by atoms with Crippen LogP contribution >= 0.6 is 27.5 Å². The molecule has 5 heteroatoms. The van der Waals surface area contributed by atoms with Crippen molar-refractivity contribution < 1.29 is 4.74 Å². The fraction of sp³-hybridized carbons (Fsp3) is 0.429. The summed E-state index contributed by atoms with van der Waals surface area (Å²) in [7, 11) is 0. The van der Waals surface area contributed by atoms with Crippen molar-refractivity contribution in [3.8, 4) is 5.75 Å². The summed E-state index contributed by atoms with van der Waals surface area (Å²) in [5.74, 6) is 0.983. The summed E-state index contributed by atoms with van der Waals surface area (Å²) < 4.78 is 7.16. The molecule has 0 spiro atoms. The summed E-state index contributed by atoms with van der Waals surface area (Å²) in [6.45, 7) is 6.28. The lowest BCUT2D eigenvalue weighted by Gasteiger charge is -2.32. The zero-order valence-corrected chi connectivity index (χ0v) is 17.2. The molecule has 2 aromatic rings. The maximum atomic E-state index is 6.14. The zero-order chi connectivity index (χ0) is 17.9. The number of ether oxygens (including phenoxy) is 1. The predicted molar refractivity (Wildman–Crippen MR) is 110 cm³/mol. The third-order valence-corrected chi connectivity index (χ3v) is 6.10. The van der Waals surface area contributed by atoms with Gasteiger partial charge in [0.15, 0.2) is 0 Å². The van der Waals surface area contributed by atoms with Crippen LogP contribution in [-0.2, 0) is 0 Å². The number of halogens is 2. The van der Waals surface area contributed by atoms with Crippen LogP contribution in [0.1, 0.15) is 30.0 Å². The zero-order valence-electron chi connectivity index (χ0n) is 14.8. The average Bonchev–Trinajstić information content (AvgIpc) is 3.09. The van der Waals surface area contributed by atoms with E-state index in [2.05, 4.69) is 56.1 Å². The molecule has 2 aromatic carbocycles. The van der Waals surface area contributed by atoms with Gasteiger partial charge in [0.05, 0.1) is 6.04 Å². The molecule has 0 saturated carbocycles.